The van der Waals surface area contributed by atoms with Crippen molar-refractivity contribution < 1.29 is 0 Å². The Hall–Kier alpha value is -6.79. The highest BCUT2D eigenvalue weighted by Crippen LogP contribution is 2.45. The summed E-state index contributed by atoms with van der Waals surface area (Å²) in [6.07, 6.45) is 2.38. The first-order chi connectivity index (χ1) is 31.7. The molecule has 10 aromatic rings. The van der Waals surface area contributed by atoms with Crippen LogP contribution >= 0.6 is 0 Å². The van der Waals surface area contributed by atoms with Crippen LogP contribution in [0.4, 0.5) is 0 Å². The van der Waals surface area contributed by atoms with Crippen molar-refractivity contribution in [3.8, 4) is 5.69 Å². The Bertz CT molecular complexity index is 3150. The van der Waals surface area contributed by atoms with E-state index >= 15 is 0 Å². The molecule has 0 radical (unpaired) electrons. The Labute approximate surface area is 386 Å². The summed E-state index contributed by atoms with van der Waals surface area (Å²) in [6, 6.07) is 90.3. The molecule has 11 rings (SSSR count). The lowest BCUT2D eigenvalue weighted by Crippen LogP contribution is -2.74. The summed E-state index contributed by atoms with van der Waals surface area (Å²) in [6.45, 7) is 9.78. The molecule has 1 aliphatic rings. The molecule has 0 saturated heterocycles. The molecule has 0 fully saturated rings. The van der Waals surface area contributed by atoms with E-state index in [4.69, 9.17) is 0 Å². The van der Waals surface area contributed by atoms with E-state index in [-0.39, 0.29) is 10.8 Å². The molecule has 1 aromatic heterocycles. The minimum Gasteiger partial charge on any atom is -0.309 e. The normalized spacial score (nSPS) is 14.6. The number of hydrogen-bond donors (Lipinski definition) is 0. The standard InChI is InChI=1S/C62H55NSi2/c1-61(2)43-44-62(3,4)56-45-53(41-42-55(56)61)64(47-23-10-5-11-24-47,48-25-12-6-13-26-48)52-39-37-46(38-40-52)63-57-34-21-20-33-54(57)60-58(63)35-22-36-59(60)65(49-27-14-7-15-28-49,50-29-16-8-17-30-50)51-31-18-9-19-32-51/h5-42,45H,43-44H2,1-4H3. The fourth-order valence-corrected chi connectivity index (χ4v) is 21.4. The van der Waals surface area contributed by atoms with Gasteiger partial charge in [-0.1, -0.05) is 240 Å². The molecule has 9 aromatic carbocycles. The Kier molecular flexibility index (Phi) is 10.1. The van der Waals surface area contributed by atoms with Crippen molar-refractivity contribution in [3.05, 3.63) is 248 Å². The monoisotopic (exact) mass is 869 g/mol. The maximum absolute atomic E-state index is 2.85. The molecule has 0 saturated carbocycles. The third kappa shape index (κ3) is 6.47. The van der Waals surface area contributed by atoms with Gasteiger partial charge in [-0.05, 0) is 101 Å². The first-order valence-electron chi connectivity index (χ1n) is 23.3. The lowest BCUT2D eigenvalue weighted by atomic mass is 9.63. The van der Waals surface area contributed by atoms with Crippen LogP contribution < -0.4 is 41.5 Å². The molecule has 1 nitrogen and oxygen atoms in total. The van der Waals surface area contributed by atoms with Gasteiger partial charge in [0.1, 0.15) is 0 Å². The van der Waals surface area contributed by atoms with Crippen molar-refractivity contribution in [2.24, 2.45) is 0 Å². The molecule has 0 N–H and O–H groups in total. The predicted molar refractivity (Wildman–Crippen MR) is 283 cm³/mol. The summed E-state index contributed by atoms with van der Waals surface area (Å²) in [4.78, 5) is 0. The Balaban J connectivity index is 1.17. The minimum atomic E-state index is -2.85. The summed E-state index contributed by atoms with van der Waals surface area (Å²) >= 11 is 0. The first-order valence-corrected chi connectivity index (χ1v) is 27.3. The molecular formula is C62H55NSi2. The van der Waals surface area contributed by atoms with Gasteiger partial charge >= 0.3 is 0 Å². The Morgan fingerprint density at radius 3 is 1.25 bits per heavy atom. The molecule has 0 amide bonds. The van der Waals surface area contributed by atoms with Crippen LogP contribution in [0.15, 0.2) is 237 Å². The van der Waals surface area contributed by atoms with E-state index in [1.54, 1.807) is 0 Å². The van der Waals surface area contributed by atoms with Gasteiger partial charge in [-0.2, -0.15) is 0 Å². The second kappa shape index (κ2) is 16.0. The maximum Gasteiger partial charge on any atom is 0.180 e. The molecule has 0 atom stereocenters. The van der Waals surface area contributed by atoms with E-state index in [1.165, 1.54) is 93.0 Å². The largest absolute Gasteiger partial charge is 0.309 e. The lowest BCUT2D eigenvalue weighted by Gasteiger charge is -2.43. The summed E-state index contributed by atoms with van der Waals surface area (Å²) in [5, 5.41) is 13.8. The van der Waals surface area contributed by atoms with E-state index in [0.29, 0.717) is 0 Å². The average Bonchev–Trinajstić information content (AvgIpc) is 3.70. The molecule has 0 aliphatic heterocycles. The number of nitrogens with zero attached hydrogens (tertiary/aromatic N) is 1. The van der Waals surface area contributed by atoms with Crippen LogP contribution in [0.2, 0.25) is 0 Å². The summed E-state index contributed by atoms with van der Waals surface area (Å²) in [5.41, 5.74) is 6.85. The van der Waals surface area contributed by atoms with Gasteiger partial charge in [-0.15, -0.1) is 0 Å². The third-order valence-corrected chi connectivity index (χ3v) is 24.6. The second-order valence-electron chi connectivity index (χ2n) is 19.5. The summed E-state index contributed by atoms with van der Waals surface area (Å²) in [5.74, 6) is 0. The van der Waals surface area contributed by atoms with Crippen LogP contribution in [-0.4, -0.2) is 20.7 Å². The van der Waals surface area contributed by atoms with E-state index in [0.717, 1.165) is 0 Å². The fraction of sp³-hybridized carbons (Fsp3) is 0.129. The van der Waals surface area contributed by atoms with Gasteiger partial charge in [-0.3, -0.25) is 0 Å². The van der Waals surface area contributed by atoms with Crippen molar-refractivity contribution >= 4 is 79.4 Å². The fourth-order valence-electron chi connectivity index (χ4n) is 11.7. The van der Waals surface area contributed by atoms with Crippen molar-refractivity contribution in [2.75, 3.05) is 0 Å². The Morgan fingerprint density at radius 1 is 0.338 bits per heavy atom. The SMILES string of the molecule is CC1(C)CCC(C)(C)c2cc([Si](c3ccccc3)(c3ccccc3)c3ccc(-n4c5ccccc5c5c([Si](c6ccccc6)(c6ccccc6)c6ccccc6)cccc54)cc3)ccc21. The number of hydrogen-bond acceptors (Lipinski definition) is 0. The predicted octanol–water partition coefficient (Wildman–Crippen LogP) is 9.89. The molecule has 65 heavy (non-hydrogen) atoms. The lowest BCUT2D eigenvalue weighted by molar-refractivity contribution is 0.332. The van der Waals surface area contributed by atoms with Gasteiger partial charge in [-0.25, -0.2) is 0 Å². The smallest absolute Gasteiger partial charge is 0.180 e. The summed E-state index contributed by atoms with van der Waals surface area (Å²) < 4.78 is 2.52. The molecule has 3 heteroatoms. The number of para-hydroxylation sites is 1. The average molecular weight is 870 g/mol. The minimum absolute atomic E-state index is 0.0929. The first kappa shape index (κ1) is 41.0. The van der Waals surface area contributed by atoms with Crippen molar-refractivity contribution in [3.63, 3.8) is 0 Å². The zero-order valence-corrected chi connectivity index (χ0v) is 39.9. The van der Waals surface area contributed by atoms with Crippen LogP contribution in [0.1, 0.15) is 51.7 Å². The molecule has 0 bridgehead atoms. The molecule has 1 heterocycles. The zero-order valence-electron chi connectivity index (χ0n) is 37.9. The van der Waals surface area contributed by atoms with Gasteiger partial charge in [0.2, 0.25) is 0 Å². The summed E-state index contributed by atoms with van der Waals surface area (Å²) in [7, 11) is -5.69. The number of rotatable bonds is 9. The highest BCUT2D eigenvalue weighted by atomic mass is 28.3. The van der Waals surface area contributed by atoms with E-state index < -0.39 is 16.1 Å². The second-order valence-corrected chi connectivity index (χ2v) is 27.0. The van der Waals surface area contributed by atoms with E-state index in [1.807, 2.05) is 0 Å². The van der Waals surface area contributed by atoms with Crippen LogP contribution in [0.25, 0.3) is 27.5 Å². The van der Waals surface area contributed by atoms with Gasteiger partial charge in [0, 0.05) is 16.5 Å². The topological polar surface area (TPSA) is 4.93 Å². The van der Waals surface area contributed by atoms with Crippen LogP contribution in [0.5, 0.6) is 0 Å². The van der Waals surface area contributed by atoms with Crippen molar-refractivity contribution in [1.29, 1.82) is 0 Å². The van der Waals surface area contributed by atoms with Gasteiger partial charge in [0.25, 0.3) is 0 Å². The van der Waals surface area contributed by atoms with Gasteiger partial charge in [0.05, 0.1) is 11.0 Å². The Morgan fingerprint density at radius 2 is 0.738 bits per heavy atom. The van der Waals surface area contributed by atoms with E-state index in [9.17, 15) is 0 Å². The molecule has 1 aliphatic carbocycles. The highest BCUT2D eigenvalue weighted by molar-refractivity contribution is 7.21. The van der Waals surface area contributed by atoms with Crippen LogP contribution in [0, 0.1) is 0 Å². The third-order valence-electron chi connectivity index (χ3n) is 15.0. The maximum atomic E-state index is 2.63. The van der Waals surface area contributed by atoms with Gasteiger partial charge in [0.15, 0.2) is 16.1 Å². The van der Waals surface area contributed by atoms with Crippen LogP contribution in [-0.2, 0) is 10.8 Å². The number of benzene rings is 9. The molecule has 316 valence electrons. The van der Waals surface area contributed by atoms with Crippen molar-refractivity contribution in [1.82, 2.24) is 4.57 Å². The van der Waals surface area contributed by atoms with E-state index in [2.05, 4.69) is 269 Å². The van der Waals surface area contributed by atoms with Crippen LogP contribution in [0.3, 0.4) is 0 Å². The van der Waals surface area contributed by atoms with Gasteiger partial charge < -0.3 is 4.57 Å². The molecule has 0 spiro atoms. The van der Waals surface area contributed by atoms with Crippen molar-refractivity contribution in [2.45, 2.75) is 51.4 Å². The quantitative estimate of drug-likeness (QED) is 0.101. The number of aromatic nitrogens is 1. The zero-order chi connectivity index (χ0) is 44.2. The molecular weight excluding hydrogens is 815 g/mol. The molecule has 0 unspecified atom stereocenters. The highest BCUT2D eigenvalue weighted by Gasteiger charge is 2.45. The number of fused-ring (bicyclic) bond motifs is 4.